The molecule has 9 nitrogen and oxygen atoms in total. The van der Waals surface area contributed by atoms with Crippen molar-refractivity contribution < 1.29 is 14.6 Å². The Morgan fingerprint density at radius 1 is 0.886 bits per heavy atom. The van der Waals surface area contributed by atoms with Gasteiger partial charge >= 0.3 is 0 Å². The minimum absolute atomic E-state index is 0.0397. The molecule has 0 radical (unpaired) electrons. The summed E-state index contributed by atoms with van der Waals surface area (Å²) in [5.41, 5.74) is 9.54. The van der Waals surface area contributed by atoms with Crippen LogP contribution in [0.4, 0.5) is 5.82 Å². The van der Waals surface area contributed by atoms with Crippen LogP contribution >= 0.6 is 11.6 Å². The van der Waals surface area contributed by atoms with Crippen LogP contribution in [0.15, 0.2) is 79.1 Å². The molecule has 5 aromatic rings. The number of hydrogen-bond acceptors (Lipinski definition) is 8. The number of nitrogens with one attached hydrogen (secondary N) is 3. The highest BCUT2D eigenvalue weighted by Crippen LogP contribution is 2.35. The van der Waals surface area contributed by atoms with Gasteiger partial charge in [-0.3, -0.25) is 9.78 Å². The molecule has 2 heterocycles. The number of aliphatic hydroxyl groups excluding tert-OH is 1. The normalized spacial score (nSPS) is 11.2. The van der Waals surface area contributed by atoms with Gasteiger partial charge in [-0.25, -0.2) is 4.98 Å². The zero-order chi connectivity index (χ0) is 30.7. The molecular formula is C34H37ClN6O3. The van der Waals surface area contributed by atoms with Crippen molar-refractivity contribution in [2.45, 2.75) is 19.4 Å². The van der Waals surface area contributed by atoms with E-state index in [9.17, 15) is 4.79 Å². The van der Waals surface area contributed by atoms with Crippen LogP contribution < -0.4 is 26.4 Å². The Kier molecular flexibility index (Phi) is 10.9. The summed E-state index contributed by atoms with van der Waals surface area (Å²) >= 11 is 6.63. The van der Waals surface area contributed by atoms with E-state index in [0.717, 1.165) is 77.7 Å². The number of aliphatic hydroxyl groups is 1. The van der Waals surface area contributed by atoms with Crippen LogP contribution in [0, 0.1) is 0 Å². The molecule has 0 spiro atoms. The third-order valence-corrected chi connectivity index (χ3v) is 7.63. The number of ether oxygens (including phenoxy) is 1. The van der Waals surface area contributed by atoms with Gasteiger partial charge in [0.1, 0.15) is 18.2 Å². The van der Waals surface area contributed by atoms with Crippen molar-refractivity contribution in [3.8, 4) is 16.9 Å². The maximum Gasteiger partial charge on any atom is 0.248 e. The number of primary amides is 1. The molecule has 0 atom stereocenters. The first-order valence-corrected chi connectivity index (χ1v) is 15.2. The molecule has 228 valence electrons. The van der Waals surface area contributed by atoms with Crippen molar-refractivity contribution in [1.29, 1.82) is 0 Å². The van der Waals surface area contributed by atoms with Crippen LogP contribution in [0.2, 0.25) is 5.02 Å². The van der Waals surface area contributed by atoms with Crippen LogP contribution in [0.25, 0.3) is 32.8 Å². The zero-order valence-corrected chi connectivity index (χ0v) is 25.2. The number of para-hydroxylation sites is 1. The summed E-state index contributed by atoms with van der Waals surface area (Å²) in [5.74, 6) is 0.988. The van der Waals surface area contributed by atoms with Gasteiger partial charge in [-0.1, -0.05) is 48.0 Å². The molecular weight excluding hydrogens is 576 g/mol. The van der Waals surface area contributed by atoms with E-state index in [2.05, 4.69) is 27.0 Å². The molecule has 0 fully saturated rings. The van der Waals surface area contributed by atoms with Crippen LogP contribution in [-0.2, 0) is 6.54 Å². The maximum atomic E-state index is 11.7. The van der Waals surface area contributed by atoms with Crippen molar-refractivity contribution >= 4 is 45.0 Å². The Morgan fingerprint density at radius 3 is 2.55 bits per heavy atom. The summed E-state index contributed by atoms with van der Waals surface area (Å²) in [6, 6.07) is 21.1. The van der Waals surface area contributed by atoms with Gasteiger partial charge in [0.2, 0.25) is 5.91 Å². The SMILES string of the molecule is NC(=O)c1ccc2c(c1)nc(NCCNCCCCNCc1ccc(-c3ccccc3OCCO)c(Cl)c1)c1ccncc12. The fourth-order valence-electron chi connectivity index (χ4n) is 5.12. The summed E-state index contributed by atoms with van der Waals surface area (Å²) in [6.45, 7) is 4.26. The lowest BCUT2D eigenvalue weighted by Gasteiger charge is -2.13. The third kappa shape index (κ3) is 7.81. The number of halogens is 1. The number of rotatable bonds is 16. The second-order valence-corrected chi connectivity index (χ2v) is 10.8. The maximum absolute atomic E-state index is 11.7. The molecule has 2 aromatic heterocycles. The largest absolute Gasteiger partial charge is 0.491 e. The summed E-state index contributed by atoms with van der Waals surface area (Å²) < 4.78 is 5.67. The van der Waals surface area contributed by atoms with Gasteiger partial charge in [0, 0.05) is 69.9 Å². The number of unbranched alkanes of at least 4 members (excludes halogenated alkanes) is 1. The molecule has 3 aromatic carbocycles. The lowest BCUT2D eigenvalue weighted by molar-refractivity contribution is 0.100. The number of amides is 1. The molecule has 10 heteroatoms. The minimum Gasteiger partial charge on any atom is -0.491 e. The van der Waals surface area contributed by atoms with Gasteiger partial charge < -0.3 is 31.5 Å². The van der Waals surface area contributed by atoms with Gasteiger partial charge in [-0.2, -0.15) is 0 Å². The molecule has 44 heavy (non-hydrogen) atoms. The van der Waals surface area contributed by atoms with E-state index < -0.39 is 5.91 Å². The Labute approximate surface area is 261 Å². The quantitative estimate of drug-likeness (QED) is 0.0763. The van der Waals surface area contributed by atoms with Crippen molar-refractivity contribution in [2.24, 2.45) is 5.73 Å². The van der Waals surface area contributed by atoms with Gasteiger partial charge in [-0.05, 0) is 61.8 Å². The Hall–Kier alpha value is -4.28. The average Bonchev–Trinajstić information content (AvgIpc) is 3.04. The Balaban J connectivity index is 1.03. The standard InChI is InChI=1S/C34H37ClN6O3/c35-30-19-23(7-9-25(30)27-5-1-2-6-32(27)44-18-17-42)21-38-13-4-3-12-37-15-16-40-34-28-11-14-39-22-29(28)26-10-8-24(33(36)43)20-31(26)41-34/h1-2,5-11,14,19-20,22,37-38,42H,3-4,12-13,15-18,21H2,(H2,36,43)(H,40,41). The van der Waals surface area contributed by atoms with E-state index in [1.165, 1.54) is 0 Å². The summed E-state index contributed by atoms with van der Waals surface area (Å²) in [6.07, 6.45) is 5.68. The first-order valence-electron chi connectivity index (χ1n) is 14.8. The Morgan fingerprint density at radius 2 is 1.73 bits per heavy atom. The van der Waals surface area contributed by atoms with E-state index in [1.54, 1.807) is 18.3 Å². The first kappa shape index (κ1) is 31.2. The van der Waals surface area contributed by atoms with Crippen molar-refractivity contribution in [1.82, 2.24) is 20.6 Å². The topological polar surface area (TPSA) is 134 Å². The lowest BCUT2D eigenvalue weighted by atomic mass is 10.0. The van der Waals surface area contributed by atoms with Crippen molar-refractivity contribution in [2.75, 3.05) is 44.7 Å². The fourth-order valence-corrected chi connectivity index (χ4v) is 5.43. The number of anilines is 1. The number of pyridine rings is 2. The molecule has 6 N–H and O–H groups in total. The van der Waals surface area contributed by atoms with E-state index in [4.69, 9.17) is 32.2 Å². The van der Waals surface area contributed by atoms with Gasteiger partial charge in [0.05, 0.1) is 12.1 Å². The number of hydrogen-bond donors (Lipinski definition) is 5. The highest BCUT2D eigenvalue weighted by atomic mass is 35.5. The van der Waals surface area contributed by atoms with Gasteiger partial charge in [-0.15, -0.1) is 0 Å². The number of carbonyl (C=O) groups is 1. The van der Waals surface area contributed by atoms with Crippen LogP contribution in [0.3, 0.4) is 0 Å². The molecule has 5 rings (SSSR count). The molecule has 0 saturated heterocycles. The lowest BCUT2D eigenvalue weighted by Crippen LogP contribution is -2.24. The van der Waals surface area contributed by atoms with Gasteiger partial charge in [0.25, 0.3) is 0 Å². The first-order chi connectivity index (χ1) is 21.5. The van der Waals surface area contributed by atoms with E-state index in [0.29, 0.717) is 28.4 Å². The molecule has 1 amide bonds. The second kappa shape index (κ2) is 15.4. The summed E-state index contributed by atoms with van der Waals surface area (Å²) in [4.78, 5) is 20.7. The number of benzene rings is 3. The molecule has 0 bridgehead atoms. The number of aromatic nitrogens is 2. The summed E-state index contributed by atoms with van der Waals surface area (Å²) in [5, 5.41) is 23.1. The molecule has 0 unspecified atom stereocenters. The predicted molar refractivity (Wildman–Crippen MR) is 177 cm³/mol. The predicted octanol–water partition coefficient (Wildman–Crippen LogP) is 5.14. The molecule has 0 aliphatic rings. The highest BCUT2D eigenvalue weighted by molar-refractivity contribution is 6.33. The third-order valence-electron chi connectivity index (χ3n) is 7.32. The number of nitrogens with zero attached hydrogens (tertiary/aromatic N) is 2. The number of fused-ring (bicyclic) bond motifs is 3. The molecule has 0 aliphatic heterocycles. The second-order valence-electron chi connectivity index (χ2n) is 10.4. The zero-order valence-electron chi connectivity index (χ0n) is 24.5. The highest BCUT2D eigenvalue weighted by Gasteiger charge is 2.12. The minimum atomic E-state index is -0.475. The smallest absolute Gasteiger partial charge is 0.248 e. The van der Waals surface area contributed by atoms with Crippen LogP contribution in [0.1, 0.15) is 28.8 Å². The van der Waals surface area contributed by atoms with Crippen molar-refractivity contribution in [3.63, 3.8) is 0 Å². The monoisotopic (exact) mass is 612 g/mol. The van der Waals surface area contributed by atoms with Crippen LogP contribution in [-0.4, -0.2) is 60.4 Å². The molecule has 0 aliphatic carbocycles. The summed E-state index contributed by atoms with van der Waals surface area (Å²) in [7, 11) is 0. The average molecular weight is 613 g/mol. The van der Waals surface area contributed by atoms with E-state index in [-0.39, 0.29) is 13.2 Å². The Bertz CT molecular complexity index is 1730. The van der Waals surface area contributed by atoms with Crippen molar-refractivity contribution in [3.05, 3.63) is 95.3 Å². The number of carbonyl (C=O) groups excluding carboxylic acids is 1. The van der Waals surface area contributed by atoms with Gasteiger partial charge in [0.15, 0.2) is 0 Å². The fraction of sp³-hybridized carbons (Fsp3) is 0.265. The molecule has 0 saturated carbocycles. The van der Waals surface area contributed by atoms with E-state index in [1.807, 2.05) is 54.7 Å². The van der Waals surface area contributed by atoms with Crippen LogP contribution in [0.5, 0.6) is 5.75 Å². The van der Waals surface area contributed by atoms with E-state index >= 15 is 0 Å². The number of nitrogens with two attached hydrogens (primary N) is 1.